The van der Waals surface area contributed by atoms with Crippen molar-refractivity contribution in [2.45, 2.75) is 51.3 Å². The molecule has 1 aromatic heterocycles. The van der Waals surface area contributed by atoms with Gasteiger partial charge in [-0.15, -0.1) is 4.72 Å². The van der Waals surface area contributed by atoms with Gasteiger partial charge in [-0.05, 0) is 55.3 Å². The van der Waals surface area contributed by atoms with Crippen molar-refractivity contribution in [3.05, 3.63) is 28.5 Å². The Bertz CT molecular complexity index is 427. The zero-order valence-corrected chi connectivity index (χ0v) is 13.7. The van der Waals surface area contributed by atoms with Crippen molar-refractivity contribution in [2.75, 3.05) is 0 Å². The van der Waals surface area contributed by atoms with Crippen molar-refractivity contribution in [2.24, 2.45) is 0 Å². The zero-order chi connectivity index (χ0) is 14.7. The number of nitrogens with one attached hydrogen (secondary N) is 1. The maximum Gasteiger partial charge on any atom is 0.136 e. The van der Waals surface area contributed by atoms with Gasteiger partial charge in [0, 0.05) is 11.4 Å². The monoisotopic (exact) mass is 333 g/mol. The van der Waals surface area contributed by atoms with Crippen LogP contribution in [-0.4, -0.2) is 14.3 Å². The molecule has 1 heterocycles. The van der Waals surface area contributed by atoms with Crippen LogP contribution in [0, 0.1) is 0 Å². The third-order valence-corrected chi connectivity index (χ3v) is 4.28. The SMILES string of the molecule is [2H][C@@](CCC)(N[S+]([O-])C(C)(C)C)c1cccc(Br)n1. The normalized spacial score (nSPS) is 18.0. The molecule has 3 nitrogen and oxygen atoms in total. The molecule has 18 heavy (non-hydrogen) atoms. The molecule has 102 valence electrons. The maximum atomic E-state index is 12.3. The second-order valence-electron chi connectivity index (χ2n) is 5.06. The first-order chi connectivity index (χ1) is 8.69. The van der Waals surface area contributed by atoms with Gasteiger partial charge in [0.25, 0.3) is 0 Å². The highest BCUT2D eigenvalue weighted by Gasteiger charge is 2.29. The molecule has 0 spiro atoms. The summed E-state index contributed by atoms with van der Waals surface area (Å²) in [6, 6.07) is 4.32. The van der Waals surface area contributed by atoms with E-state index >= 15 is 0 Å². The minimum absolute atomic E-state index is 0.411. The van der Waals surface area contributed by atoms with E-state index < -0.39 is 22.1 Å². The standard InChI is InChI=1S/C13H21BrN2OS/c1-5-7-11(16-18(17)13(2,3)4)10-8-6-9-12(14)15-10/h6,8-9,11,16H,5,7H2,1-4H3/t11-,18?/m0/s1/i11D. The van der Waals surface area contributed by atoms with Gasteiger partial charge < -0.3 is 4.55 Å². The summed E-state index contributed by atoms with van der Waals surface area (Å²) >= 11 is 2.01. The smallest absolute Gasteiger partial charge is 0.136 e. The Balaban J connectivity index is 3.03. The molecule has 0 amide bonds. The van der Waals surface area contributed by atoms with Gasteiger partial charge in [0.1, 0.15) is 9.35 Å². The molecule has 0 bridgehead atoms. The molecule has 1 rings (SSSR count). The molecule has 1 N–H and O–H groups in total. The van der Waals surface area contributed by atoms with E-state index in [9.17, 15) is 4.55 Å². The van der Waals surface area contributed by atoms with Crippen LogP contribution < -0.4 is 4.72 Å². The number of hydrogen-bond donors (Lipinski definition) is 1. The Hall–Kier alpha value is -0.100. The van der Waals surface area contributed by atoms with Gasteiger partial charge in [-0.3, -0.25) is 0 Å². The molecule has 0 aromatic carbocycles. The zero-order valence-electron chi connectivity index (χ0n) is 12.3. The van der Waals surface area contributed by atoms with Crippen LogP contribution in [0.15, 0.2) is 22.8 Å². The van der Waals surface area contributed by atoms with E-state index in [1.54, 1.807) is 6.07 Å². The molecule has 0 radical (unpaired) electrons. The van der Waals surface area contributed by atoms with Crippen LogP contribution in [0.2, 0.25) is 0 Å². The van der Waals surface area contributed by atoms with Crippen LogP contribution in [0.4, 0.5) is 0 Å². The number of rotatable bonds is 5. The highest BCUT2D eigenvalue weighted by molar-refractivity contribution is 9.10. The van der Waals surface area contributed by atoms with Crippen LogP contribution in [0.3, 0.4) is 0 Å². The minimum atomic E-state index is -1.31. The number of halogens is 1. The van der Waals surface area contributed by atoms with Gasteiger partial charge in [-0.25, -0.2) is 4.98 Å². The fourth-order valence-corrected chi connectivity index (χ4v) is 2.40. The average molecular weight is 334 g/mol. The van der Waals surface area contributed by atoms with Crippen LogP contribution in [0.5, 0.6) is 0 Å². The van der Waals surface area contributed by atoms with Gasteiger partial charge >= 0.3 is 0 Å². The first kappa shape index (κ1) is 14.3. The number of nitrogens with zero attached hydrogens (tertiary/aromatic N) is 1. The Morgan fingerprint density at radius 2 is 2.22 bits per heavy atom. The lowest BCUT2D eigenvalue weighted by molar-refractivity contribution is 0.504. The molecule has 0 aliphatic rings. The number of hydrogen-bond acceptors (Lipinski definition) is 3. The Morgan fingerprint density at radius 1 is 1.56 bits per heavy atom. The van der Waals surface area contributed by atoms with Gasteiger partial charge in [-0.2, -0.15) is 0 Å². The summed E-state index contributed by atoms with van der Waals surface area (Å²) in [6.45, 7) is 7.66. The summed E-state index contributed by atoms with van der Waals surface area (Å²) in [4.78, 5) is 4.33. The second kappa shape index (κ2) is 6.89. The summed E-state index contributed by atoms with van der Waals surface area (Å²) in [6.07, 6.45) is 1.37. The highest BCUT2D eigenvalue weighted by atomic mass is 79.9. The first-order valence-electron chi connectivity index (χ1n) is 6.52. The summed E-state index contributed by atoms with van der Waals surface area (Å²) in [7, 11) is 0. The third kappa shape index (κ3) is 4.88. The minimum Gasteiger partial charge on any atom is -0.598 e. The quantitative estimate of drug-likeness (QED) is 0.659. The number of pyridine rings is 1. The molecule has 1 aromatic rings. The van der Waals surface area contributed by atoms with E-state index in [1.807, 2.05) is 39.8 Å². The van der Waals surface area contributed by atoms with Gasteiger partial charge in [0.15, 0.2) is 0 Å². The largest absolute Gasteiger partial charge is 0.598 e. The number of aromatic nitrogens is 1. The lowest BCUT2D eigenvalue weighted by Crippen LogP contribution is -2.41. The highest BCUT2D eigenvalue weighted by Crippen LogP contribution is 2.23. The van der Waals surface area contributed by atoms with Crippen molar-refractivity contribution in [3.8, 4) is 0 Å². The molecule has 1 unspecified atom stereocenters. The van der Waals surface area contributed by atoms with Crippen molar-refractivity contribution in [1.82, 2.24) is 9.71 Å². The van der Waals surface area contributed by atoms with E-state index in [4.69, 9.17) is 1.37 Å². The summed E-state index contributed by atoms with van der Waals surface area (Å²) in [5.41, 5.74) is 0.585. The maximum absolute atomic E-state index is 12.3. The topological polar surface area (TPSA) is 48.0 Å². The fourth-order valence-electron chi connectivity index (χ4n) is 1.32. The predicted octanol–water partition coefficient (Wildman–Crippen LogP) is 3.74. The Kier molecular flexibility index (Phi) is 5.48. The summed E-state index contributed by atoms with van der Waals surface area (Å²) in [5, 5.41) is 0. The molecular formula is C13H21BrN2OS. The van der Waals surface area contributed by atoms with Crippen molar-refractivity contribution < 1.29 is 5.92 Å². The van der Waals surface area contributed by atoms with Gasteiger partial charge in [0.2, 0.25) is 0 Å². The Labute approximate surface area is 123 Å². The van der Waals surface area contributed by atoms with E-state index in [1.165, 1.54) is 0 Å². The lowest BCUT2D eigenvalue weighted by Gasteiger charge is -2.27. The van der Waals surface area contributed by atoms with Crippen molar-refractivity contribution in [1.29, 1.82) is 0 Å². The summed E-state index contributed by atoms with van der Waals surface area (Å²) in [5.74, 6) is 0. The lowest BCUT2D eigenvalue weighted by atomic mass is 10.1. The second-order valence-corrected chi connectivity index (χ2v) is 7.84. The van der Waals surface area contributed by atoms with E-state index in [0.29, 0.717) is 16.7 Å². The van der Waals surface area contributed by atoms with Crippen molar-refractivity contribution in [3.63, 3.8) is 0 Å². The van der Waals surface area contributed by atoms with E-state index in [0.717, 1.165) is 6.42 Å². The molecule has 2 atom stereocenters. The molecule has 5 heteroatoms. The third-order valence-electron chi connectivity index (χ3n) is 2.30. The van der Waals surface area contributed by atoms with E-state index in [2.05, 4.69) is 25.6 Å². The van der Waals surface area contributed by atoms with E-state index in [-0.39, 0.29) is 0 Å². The average Bonchev–Trinajstić information content (AvgIpc) is 2.28. The van der Waals surface area contributed by atoms with Crippen molar-refractivity contribution >= 4 is 27.3 Å². The Morgan fingerprint density at radius 3 is 2.72 bits per heavy atom. The molecule has 0 saturated heterocycles. The molecule has 0 aliphatic heterocycles. The van der Waals surface area contributed by atoms with Gasteiger partial charge in [0.05, 0.1) is 13.1 Å². The first-order valence-corrected chi connectivity index (χ1v) is 7.96. The van der Waals surface area contributed by atoms with Crippen LogP contribution in [0.25, 0.3) is 0 Å². The van der Waals surface area contributed by atoms with Crippen LogP contribution in [-0.2, 0) is 11.4 Å². The molecule has 0 saturated carbocycles. The summed E-state index contributed by atoms with van der Waals surface area (Å²) < 4.78 is 24.0. The molecule has 0 aliphatic carbocycles. The molecule has 0 fully saturated rings. The fraction of sp³-hybridized carbons (Fsp3) is 0.615. The van der Waals surface area contributed by atoms with Crippen LogP contribution >= 0.6 is 15.9 Å². The van der Waals surface area contributed by atoms with Gasteiger partial charge in [-0.1, -0.05) is 19.4 Å². The molecular weight excluding hydrogens is 312 g/mol. The van der Waals surface area contributed by atoms with Crippen LogP contribution in [0.1, 0.15) is 53.6 Å². The predicted molar refractivity (Wildman–Crippen MR) is 80.6 cm³/mol.